The lowest BCUT2D eigenvalue weighted by Gasteiger charge is -2.42. The standard InChI is InChI=1S/C29H30N2O4/c1-2-17-31-27(21-14-15-24-25(18-21)35-19-34-24)26(22-12-6-7-13-23(22)29(31)33)28(32)30-16-8-11-20-9-4-3-5-10-20/h3-7,9-10,12-15,18,26-27H,2,8,11,16-17,19H2,1H3,(H,30,32)/t26-,27+/m0/s1. The predicted octanol–water partition coefficient (Wildman–Crippen LogP) is 4.86. The molecule has 5 rings (SSSR count). The van der Waals surface area contributed by atoms with Gasteiger partial charge in [-0.2, -0.15) is 0 Å². The third kappa shape index (κ3) is 4.61. The number of nitrogens with zero attached hydrogens (tertiary/aromatic N) is 1. The van der Waals surface area contributed by atoms with E-state index in [4.69, 9.17) is 9.47 Å². The van der Waals surface area contributed by atoms with Crippen molar-refractivity contribution in [3.63, 3.8) is 0 Å². The van der Waals surface area contributed by atoms with Crippen LogP contribution >= 0.6 is 0 Å². The average molecular weight is 471 g/mol. The van der Waals surface area contributed by atoms with Crippen molar-refractivity contribution >= 4 is 11.8 Å². The minimum absolute atomic E-state index is 0.0433. The van der Waals surface area contributed by atoms with Gasteiger partial charge in [-0.15, -0.1) is 0 Å². The first-order chi connectivity index (χ1) is 17.2. The van der Waals surface area contributed by atoms with Gasteiger partial charge in [0.25, 0.3) is 5.91 Å². The fourth-order valence-electron chi connectivity index (χ4n) is 5.09. The molecule has 1 N–H and O–H groups in total. The zero-order chi connectivity index (χ0) is 24.2. The number of rotatable bonds is 8. The molecular formula is C29H30N2O4. The number of hydrogen-bond acceptors (Lipinski definition) is 4. The number of nitrogens with one attached hydrogen (secondary N) is 1. The Labute approximate surface area is 205 Å². The van der Waals surface area contributed by atoms with Gasteiger partial charge in [0, 0.05) is 18.7 Å². The number of carbonyl (C=O) groups is 2. The summed E-state index contributed by atoms with van der Waals surface area (Å²) in [4.78, 5) is 29.1. The van der Waals surface area contributed by atoms with Gasteiger partial charge in [0.05, 0.1) is 12.0 Å². The zero-order valence-electron chi connectivity index (χ0n) is 19.9. The first kappa shape index (κ1) is 23.0. The third-order valence-electron chi connectivity index (χ3n) is 6.71. The van der Waals surface area contributed by atoms with Crippen LogP contribution in [0.2, 0.25) is 0 Å². The molecule has 0 aliphatic carbocycles. The van der Waals surface area contributed by atoms with E-state index in [1.807, 2.05) is 72.5 Å². The zero-order valence-corrected chi connectivity index (χ0v) is 19.9. The molecule has 0 saturated heterocycles. The fraction of sp³-hybridized carbons (Fsp3) is 0.310. The summed E-state index contributed by atoms with van der Waals surface area (Å²) in [5.41, 5.74) is 3.49. The maximum Gasteiger partial charge on any atom is 0.254 e. The van der Waals surface area contributed by atoms with Gasteiger partial charge in [-0.05, 0) is 54.2 Å². The Morgan fingerprint density at radius 3 is 2.60 bits per heavy atom. The summed E-state index contributed by atoms with van der Waals surface area (Å²) in [6.07, 6.45) is 2.53. The van der Waals surface area contributed by atoms with Crippen molar-refractivity contribution in [3.05, 3.63) is 95.1 Å². The molecule has 2 heterocycles. The van der Waals surface area contributed by atoms with E-state index in [-0.39, 0.29) is 18.6 Å². The van der Waals surface area contributed by atoms with Gasteiger partial charge in [0.2, 0.25) is 12.7 Å². The minimum atomic E-state index is -0.521. The average Bonchev–Trinajstić information content (AvgIpc) is 3.36. The van der Waals surface area contributed by atoms with Gasteiger partial charge < -0.3 is 19.7 Å². The van der Waals surface area contributed by atoms with Crippen molar-refractivity contribution in [2.75, 3.05) is 19.9 Å². The highest BCUT2D eigenvalue weighted by Gasteiger charge is 2.44. The Morgan fingerprint density at radius 2 is 1.77 bits per heavy atom. The van der Waals surface area contributed by atoms with Crippen LogP contribution in [-0.4, -0.2) is 36.6 Å². The van der Waals surface area contributed by atoms with Gasteiger partial charge in [-0.25, -0.2) is 0 Å². The number of aryl methyl sites for hydroxylation is 1. The first-order valence-electron chi connectivity index (χ1n) is 12.3. The van der Waals surface area contributed by atoms with E-state index in [9.17, 15) is 9.59 Å². The normalized spacial score (nSPS) is 18.3. The number of hydrogen-bond donors (Lipinski definition) is 1. The van der Waals surface area contributed by atoms with Crippen LogP contribution in [0.5, 0.6) is 11.5 Å². The summed E-state index contributed by atoms with van der Waals surface area (Å²) in [5, 5.41) is 3.16. The van der Waals surface area contributed by atoms with E-state index in [0.29, 0.717) is 30.2 Å². The molecule has 0 fully saturated rings. The molecule has 0 saturated carbocycles. The molecule has 2 atom stereocenters. The number of ether oxygens (including phenoxy) is 2. The molecule has 0 aromatic heterocycles. The number of amides is 2. The molecule has 2 aliphatic rings. The van der Waals surface area contributed by atoms with Gasteiger partial charge in [-0.3, -0.25) is 9.59 Å². The molecule has 0 spiro atoms. The van der Waals surface area contributed by atoms with Gasteiger partial charge in [0.1, 0.15) is 0 Å². The minimum Gasteiger partial charge on any atom is -0.454 e. The number of carbonyl (C=O) groups excluding carboxylic acids is 2. The van der Waals surface area contributed by atoms with Crippen LogP contribution in [0.3, 0.4) is 0 Å². The molecule has 3 aromatic carbocycles. The summed E-state index contributed by atoms with van der Waals surface area (Å²) < 4.78 is 11.1. The van der Waals surface area contributed by atoms with Gasteiger partial charge in [0.15, 0.2) is 11.5 Å². The van der Waals surface area contributed by atoms with Gasteiger partial charge >= 0.3 is 0 Å². The van der Waals surface area contributed by atoms with Crippen LogP contribution in [0.25, 0.3) is 0 Å². The molecular weight excluding hydrogens is 440 g/mol. The molecule has 0 bridgehead atoms. The fourth-order valence-corrected chi connectivity index (χ4v) is 5.09. The molecule has 180 valence electrons. The maximum atomic E-state index is 13.7. The molecule has 3 aromatic rings. The van der Waals surface area contributed by atoms with E-state index < -0.39 is 12.0 Å². The van der Waals surface area contributed by atoms with Crippen molar-refractivity contribution in [3.8, 4) is 11.5 Å². The number of benzene rings is 3. The Hall–Kier alpha value is -3.80. The van der Waals surface area contributed by atoms with E-state index in [0.717, 1.165) is 30.4 Å². The predicted molar refractivity (Wildman–Crippen MR) is 134 cm³/mol. The summed E-state index contributed by atoms with van der Waals surface area (Å²) in [7, 11) is 0. The quantitative estimate of drug-likeness (QED) is 0.478. The summed E-state index contributed by atoms with van der Waals surface area (Å²) in [6.45, 7) is 3.35. The lowest BCUT2D eigenvalue weighted by molar-refractivity contribution is -0.124. The van der Waals surface area contributed by atoms with Crippen LogP contribution < -0.4 is 14.8 Å². The van der Waals surface area contributed by atoms with E-state index in [1.165, 1.54) is 5.56 Å². The van der Waals surface area contributed by atoms with E-state index >= 15 is 0 Å². The van der Waals surface area contributed by atoms with Crippen molar-refractivity contribution in [1.29, 1.82) is 0 Å². The largest absolute Gasteiger partial charge is 0.454 e. The second-order valence-electron chi connectivity index (χ2n) is 9.00. The molecule has 0 radical (unpaired) electrons. The third-order valence-corrected chi connectivity index (χ3v) is 6.71. The first-order valence-corrected chi connectivity index (χ1v) is 12.3. The van der Waals surface area contributed by atoms with Crippen LogP contribution in [0, 0.1) is 0 Å². The molecule has 6 nitrogen and oxygen atoms in total. The lowest BCUT2D eigenvalue weighted by Crippen LogP contribution is -2.47. The molecule has 2 amide bonds. The van der Waals surface area contributed by atoms with E-state index in [2.05, 4.69) is 17.4 Å². The van der Waals surface area contributed by atoms with Crippen LogP contribution in [-0.2, 0) is 11.2 Å². The van der Waals surface area contributed by atoms with Crippen LogP contribution in [0.1, 0.15) is 58.8 Å². The molecule has 2 aliphatic heterocycles. The van der Waals surface area contributed by atoms with Crippen molar-refractivity contribution in [2.45, 2.75) is 38.1 Å². The maximum absolute atomic E-state index is 13.7. The Bertz CT molecular complexity index is 1210. The van der Waals surface area contributed by atoms with Gasteiger partial charge in [-0.1, -0.05) is 61.5 Å². The molecule has 6 heteroatoms. The summed E-state index contributed by atoms with van der Waals surface area (Å²) >= 11 is 0. The number of fused-ring (bicyclic) bond motifs is 2. The van der Waals surface area contributed by atoms with Crippen molar-refractivity contribution in [2.24, 2.45) is 0 Å². The van der Waals surface area contributed by atoms with Crippen molar-refractivity contribution in [1.82, 2.24) is 10.2 Å². The van der Waals surface area contributed by atoms with Crippen LogP contribution in [0.15, 0.2) is 72.8 Å². The second kappa shape index (κ2) is 10.2. The SMILES string of the molecule is CCCN1C(=O)c2ccccc2[C@H](C(=O)NCCCc2ccccc2)[C@H]1c1ccc2c(c1)OCO2. The topological polar surface area (TPSA) is 67.9 Å². The highest BCUT2D eigenvalue weighted by atomic mass is 16.7. The Morgan fingerprint density at radius 1 is 1.00 bits per heavy atom. The molecule has 0 unspecified atom stereocenters. The monoisotopic (exact) mass is 470 g/mol. The van der Waals surface area contributed by atoms with Crippen LogP contribution in [0.4, 0.5) is 0 Å². The smallest absolute Gasteiger partial charge is 0.254 e. The second-order valence-corrected chi connectivity index (χ2v) is 9.00. The Balaban J connectivity index is 1.45. The lowest BCUT2D eigenvalue weighted by atomic mass is 9.79. The summed E-state index contributed by atoms with van der Waals surface area (Å²) in [6, 6.07) is 23.0. The highest BCUT2D eigenvalue weighted by Crippen LogP contribution is 2.45. The Kier molecular flexibility index (Phi) is 6.70. The molecule has 35 heavy (non-hydrogen) atoms. The van der Waals surface area contributed by atoms with E-state index in [1.54, 1.807) is 0 Å². The highest BCUT2D eigenvalue weighted by molar-refractivity contribution is 6.01. The van der Waals surface area contributed by atoms with Crippen molar-refractivity contribution < 1.29 is 19.1 Å². The summed E-state index contributed by atoms with van der Waals surface area (Å²) in [5.74, 6) is 0.695.